The Bertz CT molecular complexity index is 173. The molecule has 0 saturated heterocycles. The molecule has 2 nitrogen and oxygen atoms in total. The number of hydrogen-bond acceptors (Lipinski definition) is 2. The first-order valence-electron chi connectivity index (χ1n) is 4.10. The normalized spacial score (nSPS) is 12.8. The molecule has 0 spiro atoms. The number of carbonyl (C=O) groups is 1. The van der Waals surface area contributed by atoms with Gasteiger partial charge in [0.2, 0.25) is 0 Å². The summed E-state index contributed by atoms with van der Waals surface area (Å²) in [6, 6.07) is 0. The highest BCUT2D eigenvalue weighted by Crippen LogP contribution is 1.97. The van der Waals surface area contributed by atoms with E-state index >= 15 is 0 Å². The number of ether oxygens (including phenoxy) is 1. The first kappa shape index (κ1) is 11.0. The molecule has 0 aromatic carbocycles. The molecule has 12 heavy (non-hydrogen) atoms. The van der Waals surface area contributed by atoms with Gasteiger partial charge in [-0.05, 0) is 5.82 Å². The maximum absolute atomic E-state index is 10.9. The van der Waals surface area contributed by atoms with E-state index in [-0.39, 0.29) is 5.97 Å². The average molecular weight is 166 g/mol. The minimum atomic E-state index is -0.179. The van der Waals surface area contributed by atoms with Crippen molar-refractivity contribution in [2.75, 3.05) is 6.61 Å². The van der Waals surface area contributed by atoms with Crippen LogP contribution >= 0.6 is 0 Å². The summed E-state index contributed by atoms with van der Waals surface area (Å²) in [7, 11) is 2.01. The van der Waals surface area contributed by atoms with Crippen LogP contribution in [0.15, 0.2) is 24.8 Å². The lowest BCUT2D eigenvalue weighted by Crippen LogP contribution is -2.07. The van der Waals surface area contributed by atoms with Crippen LogP contribution in [-0.4, -0.2) is 20.4 Å². The van der Waals surface area contributed by atoms with E-state index in [1.54, 1.807) is 18.2 Å². The number of allylic oxidation sites excluding steroid dienone is 2. The van der Waals surface area contributed by atoms with Crippen molar-refractivity contribution in [1.82, 2.24) is 0 Å². The van der Waals surface area contributed by atoms with E-state index in [1.165, 1.54) is 0 Å². The van der Waals surface area contributed by atoms with Gasteiger partial charge < -0.3 is 4.74 Å². The molecule has 0 aromatic rings. The lowest BCUT2D eigenvalue weighted by Gasteiger charge is -2.04. The molecule has 0 saturated carbocycles. The third-order valence-corrected chi connectivity index (χ3v) is 1.13. The van der Waals surface area contributed by atoms with Crippen molar-refractivity contribution in [3.63, 3.8) is 0 Å². The van der Waals surface area contributed by atoms with Gasteiger partial charge in [0.05, 0.1) is 13.0 Å². The molecule has 0 aliphatic carbocycles. The zero-order valence-electron chi connectivity index (χ0n) is 7.75. The quantitative estimate of drug-likeness (QED) is 0.347. The van der Waals surface area contributed by atoms with Gasteiger partial charge in [-0.25, -0.2) is 0 Å². The number of hydrogen-bond donors (Lipinski definition) is 0. The van der Waals surface area contributed by atoms with Gasteiger partial charge in [-0.3, -0.25) is 4.79 Å². The molecule has 0 aliphatic rings. The molecule has 0 amide bonds. The predicted molar refractivity (Wildman–Crippen MR) is 52.9 cm³/mol. The highest BCUT2D eigenvalue weighted by atomic mass is 16.5. The maximum atomic E-state index is 10.9. The zero-order chi connectivity index (χ0) is 9.40. The van der Waals surface area contributed by atoms with E-state index in [0.717, 1.165) is 0 Å². The first-order valence-corrected chi connectivity index (χ1v) is 4.10. The standard InChI is InChI=1S/C9H15BO2/c1-3-4-5-6-9(11)12-7-8(2)10/h3-5,8H,1,6-7,10H2,2H3/b5-4+/t8-/m1/s1. The maximum Gasteiger partial charge on any atom is 0.309 e. The Morgan fingerprint density at radius 2 is 2.42 bits per heavy atom. The lowest BCUT2D eigenvalue weighted by molar-refractivity contribution is -0.142. The molecular weight excluding hydrogens is 151 g/mol. The van der Waals surface area contributed by atoms with Crippen molar-refractivity contribution in [2.24, 2.45) is 0 Å². The Morgan fingerprint density at radius 1 is 1.75 bits per heavy atom. The van der Waals surface area contributed by atoms with Crippen molar-refractivity contribution in [3.05, 3.63) is 24.8 Å². The third-order valence-electron chi connectivity index (χ3n) is 1.13. The largest absolute Gasteiger partial charge is 0.466 e. The molecule has 0 heterocycles. The molecule has 0 rings (SSSR count). The van der Waals surface area contributed by atoms with Crippen LogP contribution in [0.25, 0.3) is 0 Å². The molecule has 0 aromatic heterocycles. The number of carbonyl (C=O) groups excluding carboxylic acids is 1. The summed E-state index contributed by atoms with van der Waals surface area (Å²) in [6.45, 7) is 6.00. The Labute approximate surface area is 74.7 Å². The number of esters is 1. The van der Waals surface area contributed by atoms with Crippen molar-refractivity contribution in [1.29, 1.82) is 0 Å². The van der Waals surface area contributed by atoms with Crippen LogP contribution in [0.2, 0.25) is 5.82 Å². The van der Waals surface area contributed by atoms with Gasteiger partial charge in [-0.1, -0.05) is 31.7 Å². The summed E-state index contributed by atoms with van der Waals surface area (Å²) in [5.41, 5.74) is 0. The number of rotatable bonds is 5. The van der Waals surface area contributed by atoms with Crippen LogP contribution < -0.4 is 0 Å². The van der Waals surface area contributed by atoms with Crippen LogP contribution in [0, 0.1) is 0 Å². The molecular formula is C9H15BO2. The Balaban J connectivity index is 3.46. The molecule has 3 heteroatoms. The summed E-state index contributed by atoms with van der Waals surface area (Å²) in [5.74, 6) is 0.221. The second-order valence-electron chi connectivity index (χ2n) is 2.94. The van der Waals surface area contributed by atoms with Crippen LogP contribution in [0.3, 0.4) is 0 Å². The summed E-state index contributed by atoms with van der Waals surface area (Å²) < 4.78 is 4.93. The highest BCUT2D eigenvalue weighted by Gasteiger charge is 2.00. The Morgan fingerprint density at radius 3 is 2.92 bits per heavy atom. The van der Waals surface area contributed by atoms with Gasteiger partial charge in [0.15, 0.2) is 0 Å². The van der Waals surface area contributed by atoms with E-state index in [9.17, 15) is 4.79 Å². The van der Waals surface area contributed by atoms with Crippen LogP contribution in [0.5, 0.6) is 0 Å². The predicted octanol–water partition coefficient (Wildman–Crippen LogP) is 1.10. The fourth-order valence-corrected chi connectivity index (χ4v) is 0.579. The molecule has 0 N–H and O–H groups in total. The van der Waals surface area contributed by atoms with Gasteiger partial charge in [-0.15, -0.1) is 0 Å². The summed E-state index contributed by atoms with van der Waals surface area (Å²) in [6.07, 6.45) is 5.43. The van der Waals surface area contributed by atoms with E-state index in [4.69, 9.17) is 4.74 Å². The summed E-state index contributed by atoms with van der Waals surface area (Å²) in [4.78, 5) is 10.9. The minimum absolute atomic E-state index is 0.179. The van der Waals surface area contributed by atoms with Gasteiger partial charge in [-0.2, -0.15) is 0 Å². The lowest BCUT2D eigenvalue weighted by atomic mass is 9.91. The molecule has 0 fully saturated rings. The second-order valence-corrected chi connectivity index (χ2v) is 2.94. The molecule has 1 atom stereocenters. The van der Waals surface area contributed by atoms with Crippen LogP contribution in [-0.2, 0) is 9.53 Å². The topological polar surface area (TPSA) is 26.3 Å². The van der Waals surface area contributed by atoms with Gasteiger partial charge >= 0.3 is 5.97 Å². The fourth-order valence-electron chi connectivity index (χ4n) is 0.579. The SMILES string of the molecule is B[C@H](C)COC(=O)C/C=C/C=C. The van der Waals surface area contributed by atoms with E-state index in [0.29, 0.717) is 18.8 Å². The Hall–Kier alpha value is -0.985. The van der Waals surface area contributed by atoms with E-state index < -0.39 is 0 Å². The van der Waals surface area contributed by atoms with Crippen molar-refractivity contribution >= 4 is 13.8 Å². The average Bonchev–Trinajstić information content (AvgIpc) is 2.01. The summed E-state index contributed by atoms with van der Waals surface area (Å²) >= 11 is 0. The Kier molecular flexibility index (Phi) is 6.16. The van der Waals surface area contributed by atoms with E-state index in [2.05, 4.69) is 6.58 Å². The summed E-state index contributed by atoms with van der Waals surface area (Å²) in [5, 5.41) is 0. The van der Waals surface area contributed by atoms with Crippen molar-refractivity contribution in [3.8, 4) is 0 Å². The van der Waals surface area contributed by atoms with Gasteiger partial charge in [0, 0.05) is 0 Å². The second kappa shape index (κ2) is 6.71. The molecule has 66 valence electrons. The third kappa shape index (κ3) is 7.13. The molecule has 0 bridgehead atoms. The zero-order valence-corrected chi connectivity index (χ0v) is 7.75. The van der Waals surface area contributed by atoms with Crippen molar-refractivity contribution < 1.29 is 9.53 Å². The minimum Gasteiger partial charge on any atom is -0.466 e. The first-order chi connectivity index (χ1) is 5.66. The molecule has 0 radical (unpaired) electrons. The van der Waals surface area contributed by atoms with Crippen LogP contribution in [0.4, 0.5) is 0 Å². The smallest absolute Gasteiger partial charge is 0.309 e. The highest BCUT2D eigenvalue weighted by molar-refractivity contribution is 6.11. The van der Waals surface area contributed by atoms with Crippen LogP contribution in [0.1, 0.15) is 13.3 Å². The molecule has 0 unspecified atom stereocenters. The van der Waals surface area contributed by atoms with Gasteiger partial charge in [0.1, 0.15) is 7.85 Å². The monoisotopic (exact) mass is 166 g/mol. The van der Waals surface area contributed by atoms with Gasteiger partial charge in [0.25, 0.3) is 0 Å². The van der Waals surface area contributed by atoms with Crippen molar-refractivity contribution in [2.45, 2.75) is 19.2 Å². The molecule has 0 aliphatic heterocycles. The fraction of sp³-hybridized carbons (Fsp3) is 0.444. The van der Waals surface area contributed by atoms with E-state index in [1.807, 2.05) is 14.8 Å².